The molecule has 2 aromatic rings. The number of nitrogens with one attached hydrogen (secondary N) is 2. The van der Waals surface area contributed by atoms with Crippen LogP contribution in [0.1, 0.15) is 24.4 Å². The molecule has 0 saturated heterocycles. The second kappa shape index (κ2) is 6.41. The Labute approximate surface area is 132 Å². The van der Waals surface area contributed by atoms with Crippen LogP contribution in [-0.4, -0.2) is 25.7 Å². The minimum atomic E-state index is -4.68. The number of rotatable bonds is 4. The van der Waals surface area contributed by atoms with Crippen LogP contribution in [0.25, 0.3) is 0 Å². The molecule has 0 spiro atoms. The number of halogens is 4. The lowest BCUT2D eigenvalue weighted by atomic mass is 10.2. The third-order valence-electron chi connectivity index (χ3n) is 2.90. The number of aromatic amines is 1. The van der Waals surface area contributed by atoms with Gasteiger partial charge in [-0.05, 0) is 13.0 Å². The Kier molecular flexibility index (Phi) is 4.73. The summed E-state index contributed by atoms with van der Waals surface area (Å²) in [6.07, 6.45) is -2.88. The Bertz CT molecular complexity index is 757. The van der Waals surface area contributed by atoms with Crippen molar-refractivity contribution in [2.45, 2.75) is 25.7 Å². The molecule has 2 heterocycles. The molecule has 23 heavy (non-hydrogen) atoms. The topological polar surface area (TPSA) is 92.7 Å². The molecule has 0 aliphatic heterocycles. The van der Waals surface area contributed by atoms with Crippen LogP contribution in [-0.2, 0) is 17.5 Å². The molecule has 1 atom stereocenters. The molecule has 0 aliphatic rings. The fraction of sp³-hybridized carbons (Fsp3) is 0.333. The molecule has 0 aromatic carbocycles. The summed E-state index contributed by atoms with van der Waals surface area (Å²) in [6.45, 7) is 0.987. The maximum Gasteiger partial charge on any atom is 0.417 e. The first-order chi connectivity index (χ1) is 10.7. The molecule has 2 rings (SSSR count). The van der Waals surface area contributed by atoms with Crippen molar-refractivity contribution in [3.05, 3.63) is 45.4 Å². The average molecular weight is 350 g/mol. The van der Waals surface area contributed by atoms with Crippen LogP contribution in [0.5, 0.6) is 0 Å². The molecule has 2 aromatic heterocycles. The molecule has 124 valence electrons. The van der Waals surface area contributed by atoms with Crippen molar-refractivity contribution in [3.63, 3.8) is 0 Å². The first kappa shape index (κ1) is 17.0. The van der Waals surface area contributed by atoms with Crippen LogP contribution >= 0.6 is 11.6 Å². The van der Waals surface area contributed by atoms with Crippen molar-refractivity contribution in [1.82, 2.24) is 25.1 Å². The van der Waals surface area contributed by atoms with Gasteiger partial charge < -0.3 is 9.88 Å². The average Bonchev–Trinajstić information content (AvgIpc) is 2.96. The van der Waals surface area contributed by atoms with Crippen molar-refractivity contribution in [3.8, 4) is 0 Å². The van der Waals surface area contributed by atoms with Gasteiger partial charge in [0.25, 0.3) is 5.56 Å². The minimum Gasteiger partial charge on any atom is -0.345 e. The van der Waals surface area contributed by atoms with E-state index in [0.29, 0.717) is 22.7 Å². The number of carbonyl (C=O) groups is 1. The van der Waals surface area contributed by atoms with Crippen LogP contribution in [0.15, 0.2) is 23.4 Å². The smallest absolute Gasteiger partial charge is 0.345 e. The highest BCUT2D eigenvalue weighted by Crippen LogP contribution is 2.29. The summed E-state index contributed by atoms with van der Waals surface area (Å²) in [5.74, 6) is -0.306. The number of hydrogen-bond acceptors (Lipinski definition) is 4. The van der Waals surface area contributed by atoms with Gasteiger partial charge in [0.05, 0.1) is 11.6 Å². The number of hydrogen-bond donors (Lipinski definition) is 2. The summed E-state index contributed by atoms with van der Waals surface area (Å²) in [7, 11) is 0. The molecule has 0 saturated carbocycles. The molecule has 0 bridgehead atoms. The zero-order valence-corrected chi connectivity index (χ0v) is 12.4. The van der Waals surface area contributed by atoms with E-state index in [0.717, 1.165) is 0 Å². The molecule has 1 unspecified atom stereocenters. The number of alkyl halides is 3. The Hall–Kier alpha value is -2.36. The maximum atomic E-state index is 12.7. The molecule has 0 fully saturated rings. The number of H-pyrrole nitrogens is 1. The van der Waals surface area contributed by atoms with Crippen molar-refractivity contribution >= 4 is 17.5 Å². The number of nitrogens with zero attached hydrogens (tertiary/aromatic N) is 3. The molecule has 2 N–H and O–H groups in total. The van der Waals surface area contributed by atoms with Gasteiger partial charge >= 0.3 is 6.18 Å². The summed E-state index contributed by atoms with van der Waals surface area (Å²) in [5.41, 5.74) is -2.00. The molecular formula is C12H11ClF3N5O2. The van der Waals surface area contributed by atoms with E-state index in [-0.39, 0.29) is 0 Å². The van der Waals surface area contributed by atoms with Gasteiger partial charge in [-0.15, -0.1) is 0 Å². The molecule has 0 radical (unpaired) electrons. The van der Waals surface area contributed by atoms with Crippen molar-refractivity contribution in [2.24, 2.45) is 0 Å². The summed E-state index contributed by atoms with van der Waals surface area (Å²) in [6, 6.07) is -0.0305. The van der Waals surface area contributed by atoms with E-state index in [9.17, 15) is 22.8 Å². The molecular weight excluding hydrogens is 339 g/mol. The van der Waals surface area contributed by atoms with Crippen LogP contribution in [0, 0.1) is 0 Å². The fourth-order valence-corrected chi connectivity index (χ4v) is 2.03. The standard InChI is InChI=1S/C12H11ClF3N5O2/c1-6(10-17-5-18-20-10)19-9(22)4-21-3-7(12(14,15)16)2-8(13)11(21)23/h2-3,5-6H,4H2,1H3,(H,19,22)(H,17,18,20). The zero-order chi connectivity index (χ0) is 17.2. The molecule has 11 heteroatoms. The number of amides is 1. The SMILES string of the molecule is CC(NC(=O)Cn1cc(C(F)(F)F)cc(Cl)c1=O)c1ncn[nH]1. The Morgan fingerprint density at radius 2 is 2.22 bits per heavy atom. The van der Waals surface area contributed by atoms with Crippen LogP contribution in [0.4, 0.5) is 13.2 Å². The van der Waals surface area contributed by atoms with E-state index in [1.807, 2.05) is 0 Å². The maximum absolute atomic E-state index is 12.7. The first-order valence-electron chi connectivity index (χ1n) is 6.30. The van der Waals surface area contributed by atoms with E-state index >= 15 is 0 Å². The number of carbonyl (C=O) groups excluding carboxylic acids is 1. The Morgan fingerprint density at radius 1 is 1.52 bits per heavy atom. The minimum absolute atomic E-state index is 0.368. The lowest BCUT2D eigenvalue weighted by Crippen LogP contribution is -2.34. The van der Waals surface area contributed by atoms with E-state index in [1.54, 1.807) is 6.92 Å². The van der Waals surface area contributed by atoms with Crippen molar-refractivity contribution in [1.29, 1.82) is 0 Å². The van der Waals surface area contributed by atoms with Gasteiger partial charge in [-0.2, -0.15) is 18.3 Å². The second-order valence-electron chi connectivity index (χ2n) is 4.67. The van der Waals surface area contributed by atoms with E-state index in [2.05, 4.69) is 20.5 Å². The second-order valence-corrected chi connectivity index (χ2v) is 5.07. The van der Waals surface area contributed by atoms with E-state index in [4.69, 9.17) is 11.6 Å². The zero-order valence-electron chi connectivity index (χ0n) is 11.7. The van der Waals surface area contributed by atoms with Gasteiger partial charge in [0.2, 0.25) is 5.91 Å². The highest BCUT2D eigenvalue weighted by atomic mass is 35.5. The van der Waals surface area contributed by atoms with Gasteiger partial charge in [-0.3, -0.25) is 14.7 Å². The van der Waals surface area contributed by atoms with Crippen molar-refractivity contribution < 1.29 is 18.0 Å². The van der Waals surface area contributed by atoms with E-state index in [1.165, 1.54) is 6.33 Å². The van der Waals surface area contributed by atoms with Gasteiger partial charge in [-0.1, -0.05) is 11.6 Å². The quantitative estimate of drug-likeness (QED) is 0.875. The van der Waals surface area contributed by atoms with Gasteiger partial charge in [-0.25, -0.2) is 4.98 Å². The predicted octanol–water partition coefficient (Wildman–Crippen LogP) is 1.52. The third kappa shape index (κ3) is 4.09. The van der Waals surface area contributed by atoms with Crippen molar-refractivity contribution in [2.75, 3.05) is 0 Å². The van der Waals surface area contributed by atoms with Crippen LogP contribution in [0.3, 0.4) is 0 Å². The van der Waals surface area contributed by atoms with Gasteiger partial charge in [0, 0.05) is 6.20 Å². The summed E-state index contributed by atoms with van der Waals surface area (Å²) >= 11 is 5.51. The molecule has 0 aliphatic carbocycles. The number of pyridine rings is 1. The third-order valence-corrected chi connectivity index (χ3v) is 3.18. The monoisotopic (exact) mass is 349 g/mol. The van der Waals surface area contributed by atoms with Crippen LogP contribution < -0.4 is 10.9 Å². The van der Waals surface area contributed by atoms with Gasteiger partial charge in [0.1, 0.15) is 23.7 Å². The Balaban J connectivity index is 2.17. The fourth-order valence-electron chi connectivity index (χ4n) is 1.81. The molecule has 7 nitrogen and oxygen atoms in total. The van der Waals surface area contributed by atoms with Crippen LogP contribution in [0.2, 0.25) is 5.02 Å². The normalized spacial score (nSPS) is 12.9. The predicted molar refractivity (Wildman–Crippen MR) is 73.7 cm³/mol. The largest absolute Gasteiger partial charge is 0.417 e. The van der Waals surface area contributed by atoms with Gasteiger partial charge in [0.15, 0.2) is 0 Å². The van der Waals surface area contributed by atoms with E-state index < -0.39 is 40.8 Å². The highest BCUT2D eigenvalue weighted by molar-refractivity contribution is 6.30. The lowest BCUT2D eigenvalue weighted by molar-refractivity contribution is -0.138. The summed E-state index contributed by atoms with van der Waals surface area (Å²) in [5, 5.41) is 8.02. The Morgan fingerprint density at radius 3 is 2.78 bits per heavy atom. The molecule has 1 amide bonds. The summed E-state index contributed by atoms with van der Waals surface area (Å²) in [4.78, 5) is 27.5. The highest BCUT2D eigenvalue weighted by Gasteiger charge is 2.32. The lowest BCUT2D eigenvalue weighted by Gasteiger charge is -2.14. The first-order valence-corrected chi connectivity index (χ1v) is 6.68. The number of aromatic nitrogens is 4. The summed E-state index contributed by atoms with van der Waals surface area (Å²) < 4.78 is 38.8.